The van der Waals surface area contributed by atoms with Gasteiger partial charge in [-0.25, -0.2) is 8.42 Å². The second-order valence-corrected chi connectivity index (χ2v) is 7.82. The van der Waals surface area contributed by atoms with Crippen molar-refractivity contribution in [3.8, 4) is 0 Å². The third-order valence-electron chi connectivity index (χ3n) is 4.13. The summed E-state index contributed by atoms with van der Waals surface area (Å²) in [5.74, 6) is -0.150. The molecule has 0 aliphatic heterocycles. The van der Waals surface area contributed by atoms with Gasteiger partial charge in [0.25, 0.3) is 5.91 Å². The molecule has 0 saturated heterocycles. The topological polar surface area (TPSA) is 75.3 Å². The summed E-state index contributed by atoms with van der Waals surface area (Å²) in [4.78, 5) is 12.5. The summed E-state index contributed by atoms with van der Waals surface area (Å²) >= 11 is 0. The Bertz CT molecular complexity index is 845. The number of benzene rings is 2. The summed E-state index contributed by atoms with van der Waals surface area (Å²) < 4.78 is 24.8. The molecule has 2 N–H and O–H groups in total. The van der Waals surface area contributed by atoms with Gasteiger partial charge in [0, 0.05) is 11.3 Å². The molecule has 1 amide bonds. The van der Waals surface area contributed by atoms with Crippen LogP contribution in [-0.2, 0) is 16.4 Å². The molecule has 5 nitrogen and oxygen atoms in total. The normalized spacial score (nSPS) is 17.0. The quantitative estimate of drug-likeness (QED) is 0.895. The lowest BCUT2D eigenvalue weighted by Gasteiger charge is -2.26. The predicted octanol–water partition coefficient (Wildman–Crippen LogP) is 2.87. The van der Waals surface area contributed by atoms with Crippen LogP contribution in [0.2, 0.25) is 0 Å². The number of carbonyl (C=O) groups is 1. The second kappa shape index (κ2) is 6.65. The number of amides is 1. The first-order chi connectivity index (χ1) is 11.4. The molecule has 3 rings (SSSR count). The first-order valence-corrected chi connectivity index (χ1v) is 9.78. The van der Waals surface area contributed by atoms with E-state index in [4.69, 9.17) is 0 Å². The molecule has 1 atom stereocenters. The molecule has 0 radical (unpaired) electrons. The Kier molecular flexibility index (Phi) is 4.57. The van der Waals surface area contributed by atoms with Crippen LogP contribution in [0.25, 0.3) is 0 Å². The summed E-state index contributed by atoms with van der Waals surface area (Å²) in [5.41, 5.74) is 3.43. The van der Waals surface area contributed by atoms with Crippen LogP contribution in [0.1, 0.15) is 40.4 Å². The van der Waals surface area contributed by atoms with Crippen LogP contribution in [0, 0.1) is 0 Å². The van der Waals surface area contributed by atoms with Crippen molar-refractivity contribution < 1.29 is 13.2 Å². The molecular formula is C18H20N2O3S. The summed E-state index contributed by atoms with van der Waals surface area (Å²) in [6.45, 7) is 0. The lowest BCUT2D eigenvalue weighted by Crippen LogP contribution is -2.30. The molecule has 0 heterocycles. The minimum Gasteiger partial charge on any atom is -0.345 e. The van der Waals surface area contributed by atoms with E-state index in [1.807, 2.05) is 12.1 Å². The van der Waals surface area contributed by atoms with Gasteiger partial charge in [-0.15, -0.1) is 0 Å². The summed E-state index contributed by atoms with van der Waals surface area (Å²) in [6.07, 6.45) is 4.12. The van der Waals surface area contributed by atoms with Gasteiger partial charge >= 0.3 is 0 Å². The molecule has 2 aromatic carbocycles. The highest BCUT2D eigenvalue weighted by Gasteiger charge is 2.21. The van der Waals surface area contributed by atoms with Gasteiger partial charge in [0.15, 0.2) is 0 Å². The van der Waals surface area contributed by atoms with Crippen molar-refractivity contribution in [1.82, 2.24) is 5.32 Å². The van der Waals surface area contributed by atoms with Gasteiger partial charge in [-0.3, -0.25) is 9.52 Å². The maximum absolute atomic E-state index is 12.5. The standard InChI is InChI=1S/C18H20N2O3S/c1-24(22,23)20-15-11-9-14(10-12-15)18(21)19-17-8-4-6-13-5-2-3-7-16(13)17/h2-3,5,7,9-12,17,20H,4,6,8H2,1H3,(H,19,21). The van der Waals surface area contributed by atoms with Crippen molar-refractivity contribution >= 4 is 21.6 Å². The molecule has 1 aliphatic carbocycles. The fraction of sp³-hybridized carbons (Fsp3) is 0.278. The summed E-state index contributed by atoms with van der Waals surface area (Å²) in [7, 11) is -3.32. The smallest absolute Gasteiger partial charge is 0.251 e. The number of sulfonamides is 1. The first kappa shape index (κ1) is 16.5. The van der Waals surface area contributed by atoms with E-state index in [0.29, 0.717) is 11.3 Å². The van der Waals surface area contributed by atoms with Crippen molar-refractivity contribution in [2.45, 2.75) is 25.3 Å². The largest absolute Gasteiger partial charge is 0.345 e. The van der Waals surface area contributed by atoms with Gasteiger partial charge in [0.2, 0.25) is 10.0 Å². The highest BCUT2D eigenvalue weighted by Crippen LogP contribution is 2.29. The van der Waals surface area contributed by atoms with Crippen LogP contribution in [0.4, 0.5) is 5.69 Å². The Morgan fingerprint density at radius 1 is 1.08 bits per heavy atom. The van der Waals surface area contributed by atoms with Crippen molar-refractivity contribution in [3.63, 3.8) is 0 Å². The molecule has 1 aliphatic rings. The van der Waals surface area contributed by atoms with Crippen molar-refractivity contribution in [2.24, 2.45) is 0 Å². The summed E-state index contributed by atoms with van der Waals surface area (Å²) in [6, 6.07) is 14.6. The first-order valence-electron chi connectivity index (χ1n) is 7.89. The number of aryl methyl sites for hydroxylation is 1. The predicted molar refractivity (Wildman–Crippen MR) is 94.5 cm³/mol. The minimum absolute atomic E-state index is 0.0243. The Morgan fingerprint density at radius 2 is 1.79 bits per heavy atom. The fourth-order valence-electron chi connectivity index (χ4n) is 3.05. The molecule has 126 valence electrons. The number of hydrogen-bond acceptors (Lipinski definition) is 3. The van der Waals surface area contributed by atoms with Crippen LogP contribution in [0.3, 0.4) is 0 Å². The third-order valence-corrected chi connectivity index (χ3v) is 4.73. The van der Waals surface area contributed by atoms with E-state index >= 15 is 0 Å². The maximum atomic E-state index is 12.5. The number of nitrogens with one attached hydrogen (secondary N) is 2. The van der Waals surface area contributed by atoms with Gasteiger partial charge in [0.05, 0.1) is 12.3 Å². The van der Waals surface area contributed by atoms with Gasteiger partial charge in [-0.2, -0.15) is 0 Å². The average molecular weight is 344 g/mol. The number of rotatable bonds is 4. The number of hydrogen-bond donors (Lipinski definition) is 2. The average Bonchev–Trinajstić information content (AvgIpc) is 2.54. The molecule has 0 saturated carbocycles. The third kappa shape index (κ3) is 3.94. The molecule has 2 aromatic rings. The monoisotopic (exact) mass is 344 g/mol. The molecule has 0 fully saturated rings. The molecule has 0 aromatic heterocycles. The number of carbonyl (C=O) groups excluding carboxylic acids is 1. The van der Waals surface area contributed by atoms with Crippen LogP contribution >= 0.6 is 0 Å². The van der Waals surface area contributed by atoms with E-state index in [9.17, 15) is 13.2 Å². The van der Waals surface area contributed by atoms with Gasteiger partial charge < -0.3 is 5.32 Å². The molecule has 6 heteroatoms. The highest BCUT2D eigenvalue weighted by atomic mass is 32.2. The molecular weight excluding hydrogens is 324 g/mol. The van der Waals surface area contributed by atoms with E-state index in [1.165, 1.54) is 11.1 Å². The Balaban J connectivity index is 1.72. The molecule has 0 spiro atoms. The SMILES string of the molecule is CS(=O)(=O)Nc1ccc(C(=O)NC2CCCc3ccccc32)cc1. The van der Waals surface area contributed by atoms with E-state index in [2.05, 4.69) is 22.2 Å². The van der Waals surface area contributed by atoms with Crippen molar-refractivity contribution in [1.29, 1.82) is 0 Å². The minimum atomic E-state index is -3.32. The zero-order chi connectivity index (χ0) is 17.2. The zero-order valence-corrected chi connectivity index (χ0v) is 14.3. The number of anilines is 1. The van der Waals surface area contributed by atoms with Crippen LogP contribution in [0.5, 0.6) is 0 Å². The van der Waals surface area contributed by atoms with Crippen LogP contribution in [-0.4, -0.2) is 20.6 Å². The molecule has 1 unspecified atom stereocenters. The lowest BCUT2D eigenvalue weighted by atomic mass is 9.87. The Hall–Kier alpha value is -2.34. The fourth-order valence-corrected chi connectivity index (χ4v) is 3.61. The lowest BCUT2D eigenvalue weighted by molar-refractivity contribution is 0.0933. The van der Waals surface area contributed by atoms with Gasteiger partial charge in [-0.1, -0.05) is 24.3 Å². The molecule has 24 heavy (non-hydrogen) atoms. The Morgan fingerprint density at radius 3 is 2.50 bits per heavy atom. The zero-order valence-electron chi connectivity index (χ0n) is 13.5. The second-order valence-electron chi connectivity index (χ2n) is 6.07. The van der Waals surface area contributed by atoms with Crippen molar-refractivity contribution in [2.75, 3.05) is 11.0 Å². The van der Waals surface area contributed by atoms with Gasteiger partial charge in [-0.05, 0) is 54.7 Å². The van der Waals surface area contributed by atoms with E-state index in [0.717, 1.165) is 25.5 Å². The number of fused-ring (bicyclic) bond motifs is 1. The van der Waals surface area contributed by atoms with Gasteiger partial charge in [0.1, 0.15) is 0 Å². The highest BCUT2D eigenvalue weighted by molar-refractivity contribution is 7.92. The summed E-state index contributed by atoms with van der Waals surface area (Å²) in [5, 5.41) is 3.08. The van der Waals surface area contributed by atoms with E-state index in [-0.39, 0.29) is 11.9 Å². The van der Waals surface area contributed by atoms with Crippen molar-refractivity contribution in [3.05, 3.63) is 65.2 Å². The molecule has 0 bridgehead atoms. The van der Waals surface area contributed by atoms with E-state index < -0.39 is 10.0 Å². The maximum Gasteiger partial charge on any atom is 0.251 e. The van der Waals surface area contributed by atoms with E-state index in [1.54, 1.807) is 24.3 Å². The van der Waals surface area contributed by atoms with Crippen LogP contribution in [0.15, 0.2) is 48.5 Å². The van der Waals surface area contributed by atoms with Crippen LogP contribution < -0.4 is 10.0 Å². The Labute approximate surface area is 142 Å².